The SMILES string of the molecule is CC(C)(C)S(C)(C)Oc1cccc(ON2C(=O)c3ccccc3C2=O)c1. The molecule has 2 amide bonds. The van der Waals surface area contributed by atoms with Gasteiger partial charge >= 0.3 is 0 Å². The van der Waals surface area contributed by atoms with Crippen LogP contribution in [0, 0.1) is 0 Å². The van der Waals surface area contributed by atoms with Crippen molar-refractivity contribution in [2.45, 2.75) is 25.5 Å². The van der Waals surface area contributed by atoms with Crippen molar-refractivity contribution in [3.8, 4) is 11.5 Å². The molecule has 0 bridgehead atoms. The molecule has 2 aromatic carbocycles. The van der Waals surface area contributed by atoms with Crippen molar-refractivity contribution in [3.63, 3.8) is 0 Å². The predicted molar refractivity (Wildman–Crippen MR) is 104 cm³/mol. The van der Waals surface area contributed by atoms with Crippen molar-refractivity contribution >= 4 is 22.1 Å². The summed E-state index contributed by atoms with van der Waals surface area (Å²) in [6, 6.07) is 13.7. The first kappa shape index (κ1) is 18.3. The zero-order valence-corrected chi connectivity index (χ0v) is 16.4. The van der Waals surface area contributed by atoms with E-state index < -0.39 is 22.1 Å². The number of carbonyl (C=O) groups is 2. The Morgan fingerprint density at radius 3 is 1.92 bits per heavy atom. The number of benzene rings is 2. The lowest BCUT2D eigenvalue weighted by molar-refractivity contribution is -0.0141. The molecule has 2 aromatic rings. The Morgan fingerprint density at radius 2 is 1.38 bits per heavy atom. The second-order valence-electron chi connectivity index (χ2n) is 7.45. The number of amides is 2. The summed E-state index contributed by atoms with van der Waals surface area (Å²) >= 11 is 0. The van der Waals surface area contributed by atoms with Crippen molar-refractivity contribution in [2.75, 3.05) is 12.5 Å². The zero-order chi connectivity index (χ0) is 19.1. The first-order valence-corrected chi connectivity index (χ1v) is 10.7. The van der Waals surface area contributed by atoms with Gasteiger partial charge in [0.2, 0.25) is 0 Å². The molecular weight excluding hydrogens is 350 g/mol. The summed E-state index contributed by atoms with van der Waals surface area (Å²) in [7, 11) is -1.36. The van der Waals surface area contributed by atoms with E-state index in [1.807, 2.05) is 6.07 Å². The van der Waals surface area contributed by atoms with E-state index in [1.54, 1.807) is 42.5 Å². The number of fused-ring (bicyclic) bond motifs is 1. The Kier molecular flexibility index (Phi) is 4.48. The molecule has 0 atom stereocenters. The second-order valence-corrected chi connectivity index (χ2v) is 11.3. The van der Waals surface area contributed by atoms with Gasteiger partial charge in [0, 0.05) is 10.8 Å². The van der Waals surface area contributed by atoms with Crippen LogP contribution in [0.1, 0.15) is 41.5 Å². The Morgan fingerprint density at radius 1 is 0.846 bits per heavy atom. The minimum absolute atomic E-state index is 0.00634. The molecule has 5 nitrogen and oxygen atoms in total. The van der Waals surface area contributed by atoms with Crippen molar-refractivity contribution in [2.24, 2.45) is 0 Å². The highest BCUT2D eigenvalue weighted by molar-refractivity contribution is 8.30. The van der Waals surface area contributed by atoms with Crippen LogP contribution in [0.5, 0.6) is 11.5 Å². The number of hydroxylamine groups is 2. The molecule has 6 heteroatoms. The second kappa shape index (κ2) is 6.36. The van der Waals surface area contributed by atoms with Gasteiger partial charge in [-0.15, -0.1) is 0 Å². The lowest BCUT2D eigenvalue weighted by Gasteiger charge is -2.43. The first-order valence-electron chi connectivity index (χ1n) is 8.28. The summed E-state index contributed by atoms with van der Waals surface area (Å²) in [6.07, 6.45) is 4.20. The third-order valence-electron chi connectivity index (χ3n) is 4.54. The third-order valence-corrected chi connectivity index (χ3v) is 8.10. The molecule has 1 heterocycles. The van der Waals surface area contributed by atoms with Crippen LogP contribution in [0.25, 0.3) is 0 Å². The van der Waals surface area contributed by atoms with Crippen LogP contribution < -0.4 is 9.02 Å². The summed E-state index contributed by atoms with van der Waals surface area (Å²) in [5, 5.41) is 0.797. The number of imide groups is 1. The molecule has 138 valence electrons. The maximum absolute atomic E-state index is 12.4. The zero-order valence-electron chi connectivity index (χ0n) is 15.6. The standard InChI is InChI=1S/C20H23NO4S/c1-20(2,3)26(4,5)25-15-10-8-9-14(13-15)24-21-18(22)16-11-6-7-12-17(16)19(21)23/h6-13H,1-5H3. The molecule has 0 spiro atoms. The minimum atomic E-state index is -1.36. The molecule has 3 rings (SSSR count). The van der Waals surface area contributed by atoms with Gasteiger partial charge in [-0.3, -0.25) is 9.59 Å². The van der Waals surface area contributed by atoms with E-state index in [2.05, 4.69) is 33.3 Å². The third kappa shape index (κ3) is 3.29. The Labute approximate surface area is 155 Å². The van der Waals surface area contributed by atoms with Crippen molar-refractivity contribution in [1.82, 2.24) is 5.06 Å². The molecule has 0 radical (unpaired) electrons. The molecule has 0 fully saturated rings. The van der Waals surface area contributed by atoms with Crippen molar-refractivity contribution in [3.05, 3.63) is 59.7 Å². The van der Waals surface area contributed by atoms with Crippen LogP contribution in [0.2, 0.25) is 0 Å². The Hall–Kier alpha value is -2.47. The van der Waals surface area contributed by atoms with Gasteiger partial charge in [-0.25, -0.2) is 0 Å². The highest BCUT2D eigenvalue weighted by Gasteiger charge is 2.37. The van der Waals surface area contributed by atoms with Crippen LogP contribution in [0.4, 0.5) is 0 Å². The molecule has 0 unspecified atom stereocenters. The highest BCUT2D eigenvalue weighted by atomic mass is 32.3. The Balaban J connectivity index is 1.80. The van der Waals surface area contributed by atoms with Crippen LogP contribution in [-0.2, 0) is 0 Å². The average molecular weight is 373 g/mol. The van der Waals surface area contributed by atoms with E-state index >= 15 is 0 Å². The summed E-state index contributed by atoms with van der Waals surface area (Å²) in [6.45, 7) is 6.42. The van der Waals surface area contributed by atoms with Gasteiger partial charge in [-0.1, -0.05) is 33.6 Å². The molecule has 26 heavy (non-hydrogen) atoms. The number of rotatable bonds is 4. The number of hydrogen-bond acceptors (Lipinski definition) is 4. The smallest absolute Gasteiger partial charge is 0.295 e. The van der Waals surface area contributed by atoms with Gasteiger partial charge < -0.3 is 9.02 Å². The Bertz CT molecular complexity index is 835. The topological polar surface area (TPSA) is 55.8 Å². The molecular formula is C20H23NO4S. The van der Waals surface area contributed by atoms with Gasteiger partial charge in [0.15, 0.2) is 5.75 Å². The van der Waals surface area contributed by atoms with E-state index in [-0.39, 0.29) is 4.75 Å². The normalized spacial score (nSPS) is 15.0. The number of hydrogen-bond donors (Lipinski definition) is 0. The maximum Gasteiger partial charge on any atom is 0.295 e. The van der Waals surface area contributed by atoms with E-state index in [9.17, 15) is 9.59 Å². The monoisotopic (exact) mass is 373 g/mol. The van der Waals surface area contributed by atoms with Gasteiger partial charge in [-0.2, -0.15) is 0 Å². The van der Waals surface area contributed by atoms with Crippen molar-refractivity contribution in [1.29, 1.82) is 0 Å². The predicted octanol–water partition coefficient (Wildman–Crippen LogP) is 4.43. The molecule has 0 aliphatic carbocycles. The summed E-state index contributed by atoms with van der Waals surface area (Å²) in [5.41, 5.74) is 0.700. The lowest BCUT2D eigenvalue weighted by atomic mass is 10.1. The fourth-order valence-electron chi connectivity index (χ4n) is 2.30. The highest BCUT2D eigenvalue weighted by Crippen LogP contribution is 2.53. The summed E-state index contributed by atoms with van der Waals surface area (Å²) in [4.78, 5) is 30.4. The van der Waals surface area contributed by atoms with Crippen LogP contribution in [0.3, 0.4) is 0 Å². The number of carbonyl (C=O) groups excluding carboxylic acids is 2. The molecule has 1 aliphatic rings. The fourth-order valence-corrected chi connectivity index (χ4v) is 3.14. The fraction of sp³-hybridized carbons (Fsp3) is 0.300. The summed E-state index contributed by atoms with van der Waals surface area (Å²) < 4.78 is 6.21. The van der Waals surface area contributed by atoms with Gasteiger partial charge in [-0.05, 0) is 57.5 Å². The number of nitrogens with zero attached hydrogens (tertiary/aromatic N) is 1. The maximum atomic E-state index is 12.4. The average Bonchev–Trinajstić information content (AvgIpc) is 2.79. The van der Waals surface area contributed by atoms with E-state index in [1.165, 1.54) is 0 Å². The molecule has 0 aromatic heterocycles. The molecule has 0 N–H and O–H groups in total. The van der Waals surface area contributed by atoms with E-state index in [4.69, 9.17) is 9.02 Å². The van der Waals surface area contributed by atoms with Gasteiger partial charge in [0.05, 0.1) is 11.1 Å². The van der Waals surface area contributed by atoms with Gasteiger partial charge in [0.25, 0.3) is 11.8 Å². The summed E-state index contributed by atoms with van der Waals surface area (Å²) in [5.74, 6) is 0.102. The molecule has 1 aliphatic heterocycles. The largest absolute Gasteiger partial charge is 0.449 e. The van der Waals surface area contributed by atoms with Crippen molar-refractivity contribution < 1.29 is 18.6 Å². The molecule has 0 saturated carbocycles. The lowest BCUT2D eigenvalue weighted by Crippen LogP contribution is -2.33. The quantitative estimate of drug-likeness (QED) is 0.744. The van der Waals surface area contributed by atoms with E-state index in [0.717, 1.165) is 5.06 Å². The van der Waals surface area contributed by atoms with Crippen LogP contribution in [-0.4, -0.2) is 34.1 Å². The van der Waals surface area contributed by atoms with Crippen LogP contribution >= 0.6 is 10.3 Å². The van der Waals surface area contributed by atoms with Gasteiger partial charge in [0.1, 0.15) is 5.75 Å². The van der Waals surface area contributed by atoms with E-state index in [0.29, 0.717) is 22.6 Å². The first-order chi connectivity index (χ1) is 12.1. The van der Waals surface area contributed by atoms with Crippen LogP contribution in [0.15, 0.2) is 48.5 Å². The molecule has 0 saturated heterocycles. The minimum Gasteiger partial charge on any atom is -0.449 e.